The SMILES string of the molecule is COc1cc(OC)c(Nc2ncnc(Nc3ncc(C(F)(F)F)cc3Cl)c2[N+](=O)[O-])cc1Cl. The number of pyridine rings is 1. The van der Waals surface area contributed by atoms with Crippen molar-refractivity contribution < 1.29 is 27.6 Å². The van der Waals surface area contributed by atoms with Crippen LogP contribution in [0.5, 0.6) is 11.5 Å². The number of nitrogens with zero attached hydrogens (tertiary/aromatic N) is 4. The molecule has 0 aliphatic rings. The average Bonchev–Trinajstić information content (AvgIpc) is 2.74. The number of ether oxygens (including phenoxy) is 2. The molecule has 2 N–H and O–H groups in total. The van der Waals surface area contributed by atoms with Gasteiger partial charge in [-0.2, -0.15) is 13.2 Å². The molecular formula is C18H13Cl2F3N6O4. The molecule has 3 rings (SSSR count). The van der Waals surface area contributed by atoms with Crippen molar-refractivity contribution in [1.29, 1.82) is 0 Å². The number of methoxy groups -OCH3 is 2. The maximum atomic E-state index is 12.8. The first-order valence-corrected chi connectivity index (χ1v) is 9.48. The molecule has 0 bridgehead atoms. The lowest BCUT2D eigenvalue weighted by atomic mass is 10.2. The Hall–Kier alpha value is -3.58. The number of rotatable bonds is 7. The van der Waals surface area contributed by atoms with Gasteiger partial charge >= 0.3 is 11.9 Å². The molecule has 0 aliphatic heterocycles. The fourth-order valence-electron chi connectivity index (χ4n) is 2.62. The molecule has 174 valence electrons. The Morgan fingerprint density at radius 1 is 0.939 bits per heavy atom. The van der Waals surface area contributed by atoms with Crippen LogP contribution in [0.1, 0.15) is 5.56 Å². The summed E-state index contributed by atoms with van der Waals surface area (Å²) in [5, 5.41) is 16.8. The first-order chi connectivity index (χ1) is 15.5. The lowest BCUT2D eigenvalue weighted by Gasteiger charge is -2.14. The van der Waals surface area contributed by atoms with Crippen LogP contribution < -0.4 is 20.1 Å². The van der Waals surface area contributed by atoms with Crippen molar-refractivity contribution in [3.8, 4) is 11.5 Å². The summed E-state index contributed by atoms with van der Waals surface area (Å²) < 4.78 is 48.8. The Bertz CT molecular complexity index is 1210. The number of hydrogen-bond donors (Lipinski definition) is 2. The second kappa shape index (κ2) is 9.50. The molecule has 33 heavy (non-hydrogen) atoms. The van der Waals surface area contributed by atoms with Crippen molar-refractivity contribution in [3.05, 3.63) is 56.4 Å². The van der Waals surface area contributed by atoms with Crippen molar-refractivity contribution >= 4 is 52.0 Å². The normalized spacial score (nSPS) is 11.1. The number of halogens is 5. The fourth-order valence-corrected chi connectivity index (χ4v) is 3.07. The molecule has 0 spiro atoms. The van der Waals surface area contributed by atoms with E-state index >= 15 is 0 Å². The van der Waals surface area contributed by atoms with Crippen LogP contribution in [0, 0.1) is 10.1 Å². The van der Waals surface area contributed by atoms with E-state index < -0.39 is 27.4 Å². The van der Waals surface area contributed by atoms with E-state index in [0.717, 1.165) is 6.33 Å². The number of hydrogen-bond acceptors (Lipinski definition) is 9. The van der Waals surface area contributed by atoms with Gasteiger partial charge in [-0.3, -0.25) is 10.1 Å². The highest BCUT2D eigenvalue weighted by Crippen LogP contribution is 2.40. The summed E-state index contributed by atoms with van der Waals surface area (Å²) in [5.41, 5.74) is -1.49. The highest BCUT2D eigenvalue weighted by atomic mass is 35.5. The molecule has 0 radical (unpaired) electrons. The largest absolute Gasteiger partial charge is 0.495 e. The van der Waals surface area contributed by atoms with E-state index in [1.807, 2.05) is 0 Å². The van der Waals surface area contributed by atoms with Gasteiger partial charge < -0.3 is 20.1 Å². The minimum absolute atomic E-state index is 0.191. The molecule has 0 aliphatic carbocycles. The van der Waals surface area contributed by atoms with Gasteiger partial charge in [-0.1, -0.05) is 23.2 Å². The first-order valence-electron chi connectivity index (χ1n) is 8.72. The Morgan fingerprint density at radius 2 is 1.58 bits per heavy atom. The summed E-state index contributed by atoms with van der Waals surface area (Å²) in [5.74, 6) is -0.361. The molecule has 3 aromatic rings. The maximum absolute atomic E-state index is 12.8. The Labute approximate surface area is 193 Å². The molecule has 10 nitrogen and oxygen atoms in total. The third-order valence-corrected chi connectivity index (χ3v) is 4.72. The first kappa shape index (κ1) is 24.1. The number of aromatic nitrogens is 3. The highest BCUT2D eigenvalue weighted by Gasteiger charge is 2.32. The Morgan fingerprint density at radius 3 is 2.12 bits per heavy atom. The monoisotopic (exact) mass is 504 g/mol. The minimum Gasteiger partial charge on any atom is -0.495 e. The summed E-state index contributed by atoms with van der Waals surface area (Å²) >= 11 is 12.0. The van der Waals surface area contributed by atoms with Crippen molar-refractivity contribution in [1.82, 2.24) is 15.0 Å². The number of alkyl halides is 3. The van der Waals surface area contributed by atoms with E-state index in [1.54, 1.807) is 0 Å². The van der Waals surface area contributed by atoms with E-state index in [9.17, 15) is 23.3 Å². The zero-order chi connectivity index (χ0) is 24.3. The number of nitro groups is 1. The Balaban J connectivity index is 2.01. The zero-order valence-electron chi connectivity index (χ0n) is 16.7. The lowest BCUT2D eigenvalue weighted by Crippen LogP contribution is -2.09. The predicted octanol–water partition coefficient (Wildman–Crippen LogP) is 5.61. The zero-order valence-corrected chi connectivity index (χ0v) is 18.2. The Kier molecular flexibility index (Phi) is 6.93. The molecule has 0 amide bonds. The third-order valence-electron chi connectivity index (χ3n) is 4.14. The van der Waals surface area contributed by atoms with Gasteiger partial charge in [0.15, 0.2) is 5.82 Å². The van der Waals surface area contributed by atoms with E-state index in [4.69, 9.17) is 32.7 Å². The number of nitrogens with one attached hydrogen (secondary N) is 2. The third kappa shape index (κ3) is 5.26. The highest BCUT2D eigenvalue weighted by molar-refractivity contribution is 6.33. The van der Waals surface area contributed by atoms with Gasteiger partial charge in [0, 0.05) is 12.3 Å². The minimum atomic E-state index is -4.66. The smallest absolute Gasteiger partial charge is 0.417 e. The van der Waals surface area contributed by atoms with Crippen LogP contribution in [0.15, 0.2) is 30.7 Å². The summed E-state index contributed by atoms with van der Waals surface area (Å²) in [7, 11) is 2.77. The topological polar surface area (TPSA) is 124 Å². The molecule has 0 fully saturated rings. The maximum Gasteiger partial charge on any atom is 0.417 e. The molecule has 1 aromatic carbocycles. The van der Waals surface area contributed by atoms with Gasteiger partial charge in [-0.25, -0.2) is 15.0 Å². The van der Waals surface area contributed by atoms with Crippen LogP contribution in [-0.2, 0) is 6.18 Å². The standard InChI is InChI=1S/C18H13Cl2F3N6O4/c1-32-12-5-13(33-2)11(4-9(12)19)27-16-14(29(30)31)17(26-7-25-16)28-15-10(20)3-8(6-24-15)18(21,22)23/h3-7H,1-2H3,(H2,24,25,26,27,28). The van der Waals surface area contributed by atoms with Crippen LogP contribution in [0.25, 0.3) is 0 Å². The molecule has 2 aromatic heterocycles. The molecule has 0 saturated carbocycles. The van der Waals surface area contributed by atoms with E-state index in [1.165, 1.54) is 26.4 Å². The van der Waals surface area contributed by atoms with Crippen LogP contribution >= 0.6 is 23.2 Å². The summed E-state index contributed by atoms with van der Waals surface area (Å²) in [6.45, 7) is 0. The quantitative estimate of drug-likeness (QED) is 0.311. The van der Waals surface area contributed by atoms with Crippen molar-refractivity contribution in [2.24, 2.45) is 0 Å². The molecule has 0 unspecified atom stereocenters. The summed E-state index contributed by atoms with van der Waals surface area (Å²) in [4.78, 5) is 22.3. The van der Waals surface area contributed by atoms with Gasteiger partial charge in [-0.05, 0) is 12.1 Å². The molecular weight excluding hydrogens is 492 g/mol. The molecule has 0 atom stereocenters. The molecule has 0 saturated heterocycles. The van der Waals surface area contributed by atoms with Crippen LogP contribution in [0.2, 0.25) is 10.0 Å². The number of benzene rings is 1. The average molecular weight is 505 g/mol. The van der Waals surface area contributed by atoms with Crippen molar-refractivity contribution in [2.75, 3.05) is 24.9 Å². The summed E-state index contributed by atoms with van der Waals surface area (Å²) in [6, 6.07) is 3.50. The van der Waals surface area contributed by atoms with Gasteiger partial charge in [0.1, 0.15) is 17.8 Å². The second-order valence-electron chi connectivity index (χ2n) is 6.17. The van der Waals surface area contributed by atoms with Crippen LogP contribution in [0.4, 0.5) is 42.0 Å². The van der Waals surface area contributed by atoms with E-state index in [0.29, 0.717) is 18.0 Å². The second-order valence-corrected chi connectivity index (χ2v) is 6.98. The summed E-state index contributed by atoms with van der Waals surface area (Å²) in [6.07, 6.45) is -3.14. The van der Waals surface area contributed by atoms with Crippen molar-refractivity contribution in [3.63, 3.8) is 0 Å². The van der Waals surface area contributed by atoms with Gasteiger partial charge in [0.2, 0.25) is 11.6 Å². The van der Waals surface area contributed by atoms with E-state index in [-0.39, 0.29) is 33.9 Å². The van der Waals surface area contributed by atoms with Gasteiger partial charge in [0.05, 0.1) is 40.4 Å². The lowest BCUT2D eigenvalue weighted by molar-refractivity contribution is -0.383. The fraction of sp³-hybridized carbons (Fsp3) is 0.167. The van der Waals surface area contributed by atoms with Gasteiger partial charge in [0.25, 0.3) is 0 Å². The van der Waals surface area contributed by atoms with Crippen molar-refractivity contribution in [2.45, 2.75) is 6.18 Å². The predicted molar refractivity (Wildman–Crippen MR) is 114 cm³/mol. The van der Waals surface area contributed by atoms with Crippen LogP contribution in [0.3, 0.4) is 0 Å². The van der Waals surface area contributed by atoms with E-state index in [2.05, 4.69) is 25.6 Å². The van der Waals surface area contributed by atoms with Crippen LogP contribution in [-0.4, -0.2) is 34.1 Å². The molecule has 15 heteroatoms. The molecule has 2 heterocycles. The van der Waals surface area contributed by atoms with Gasteiger partial charge in [-0.15, -0.1) is 0 Å². The number of anilines is 4.